The van der Waals surface area contributed by atoms with E-state index < -0.39 is 0 Å². The molecule has 0 fully saturated rings. The van der Waals surface area contributed by atoms with Gasteiger partial charge in [0.05, 0.1) is 0 Å². The molecule has 0 atom stereocenters. The number of nitrogens with one attached hydrogen (secondary N) is 2. The summed E-state index contributed by atoms with van der Waals surface area (Å²) in [4.78, 5) is 0. The van der Waals surface area contributed by atoms with Gasteiger partial charge in [0.15, 0.2) is 5.84 Å². The zero-order chi connectivity index (χ0) is 6.85. The van der Waals surface area contributed by atoms with Crippen molar-refractivity contribution in [2.24, 2.45) is 5.10 Å². The second-order valence-corrected chi connectivity index (χ2v) is 1.90. The number of hydrogen-bond donors (Lipinski definition) is 2. The fraction of sp³-hybridized carbons (Fsp3) is 0.333. The van der Waals surface area contributed by atoms with E-state index >= 15 is 0 Å². The number of nitrogens with zero attached hydrogens (tertiary/aromatic N) is 1. The molecule has 9 heavy (non-hydrogen) atoms. The van der Waals surface area contributed by atoms with Gasteiger partial charge in [-0.05, 0) is 12.0 Å². The summed E-state index contributed by atoms with van der Waals surface area (Å²) in [5.41, 5.74) is 4.13. The van der Waals surface area contributed by atoms with Crippen LogP contribution in [-0.2, 0) is 0 Å². The maximum Gasteiger partial charge on any atom is 0.167 e. The molecule has 3 heteroatoms. The van der Waals surface area contributed by atoms with Crippen molar-refractivity contribution < 1.29 is 0 Å². The van der Waals surface area contributed by atoms with Crippen LogP contribution >= 0.6 is 0 Å². The zero-order valence-electron chi connectivity index (χ0n) is 5.36. The summed E-state index contributed by atoms with van der Waals surface area (Å²) in [5.74, 6) is 0.391. The van der Waals surface area contributed by atoms with Crippen molar-refractivity contribution in [3.8, 4) is 0 Å². The maximum absolute atomic E-state index is 7.12. The Morgan fingerprint density at radius 2 is 2.56 bits per heavy atom. The summed E-state index contributed by atoms with van der Waals surface area (Å²) in [6, 6.07) is 0. The van der Waals surface area contributed by atoms with Gasteiger partial charge >= 0.3 is 0 Å². The van der Waals surface area contributed by atoms with E-state index in [1.807, 2.05) is 6.92 Å². The highest BCUT2D eigenvalue weighted by Crippen LogP contribution is 2.04. The third-order valence-electron chi connectivity index (χ3n) is 1.28. The van der Waals surface area contributed by atoms with Crippen LogP contribution in [0.2, 0.25) is 0 Å². The Morgan fingerprint density at radius 1 is 1.89 bits per heavy atom. The highest BCUT2D eigenvalue weighted by Gasteiger charge is 2.16. The van der Waals surface area contributed by atoms with Crippen molar-refractivity contribution in [1.82, 2.24) is 5.43 Å². The smallest absolute Gasteiger partial charge is 0.167 e. The number of hydrogen-bond acceptors (Lipinski definition) is 2. The largest absolute Gasteiger partial charge is 0.281 e. The molecular weight excluding hydrogens is 114 g/mol. The molecule has 0 saturated carbocycles. The van der Waals surface area contributed by atoms with Crippen LogP contribution in [0.5, 0.6) is 0 Å². The summed E-state index contributed by atoms with van der Waals surface area (Å²) >= 11 is 0. The van der Waals surface area contributed by atoms with Crippen molar-refractivity contribution >= 4 is 11.5 Å². The fourth-order valence-electron chi connectivity index (χ4n) is 0.591. The Morgan fingerprint density at radius 3 is 2.67 bits per heavy atom. The van der Waals surface area contributed by atoms with Crippen molar-refractivity contribution in [3.05, 3.63) is 12.2 Å². The summed E-state index contributed by atoms with van der Waals surface area (Å²) in [6.07, 6.45) is 0.864. The molecule has 3 nitrogen and oxygen atoms in total. The van der Waals surface area contributed by atoms with E-state index in [1.165, 1.54) is 0 Å². The summed E-state index contributed by atoms with van der Waals surface area (Å²) < 4.78 is 0. The van der Waals surface area contributed by atoms with Gasteiger partial charge in [-0.15, -0.1) is 0 Å². The second kappa shape index (κ2) is 2.01. The van der Waals surface area contributed by atoms with E-state index in [4.69, 9.17) is 5.41 Å². The first kappa shape index (κ1) is 6.01. The summed E-state index contributed by atoms with van der Waals surface area (Å²) in [6.45, 7) is 5.73. The first-order valence-electron chi connectivity index (χ1n) is 2.86. The minimum absolute atomic E-state index is 0.391. The van der Waals surface area contributed by atoms with Crippen molar-refractivity contribution in [2.75, 3.05) is 0 Å². The Labute approximate surface area is 54.0 Å². The van der Waals surface area contributed by atoms with E-state index in [-0.39, 0.29) is 0 Å². The van der Waals surface area contributed by atoms with Crippen molar-refractivity contribution in [3.63, 3.8) is 0 Å². The molecule has 0 aromatic carbocycles. The van der Waals surface area contributed by atoms with Crippen molar-refractivity contribution in [1.29, 1.82) is 5.41 Å². The lowest BCUT2D eigenvalue weighted by Gasteiger charge is -2.16. The first-order valence-corrected chi connectivity index (χ1v) is 2.86. The van der Waals surface area contributed by atoms with Crippen LogP contribution in [0, 0.1) is 5.41 Å². The molecule has 1 heterocycles. The van der Waals surface area contributed by atoms with Gasteiger partial charge in [0, 0.05) is 0 Å². The molecule has 0 amide bonds. The number of rotatable bonds is 2. The standard InChI is InChI=1S/C6H9N3/c1-3-4(2)5-6(7)9-8-5/h2-3H2,1H3,(H2,7,9). The van der Waals surface area contributed by atoms with E-state index in [9.17, 15) is 0 Å². The molecular formula is C6H9N3. The van der Waals surface area contributed by atoms with Gasteiger partial charge in [0.1, 0.15) is 5.71 Å². The van der Waals surface area contributed by atoms with Gasteiger partial charge in [-0.1, -0.05) is 13.5 Å². The Hall–Kier alpha value is -1.12. The summed E-state index contributed by atoms with van der Waals surface area (Å²) in [5, 5.41) is 10.9. The maximum atomic E-state index is 7.12. The molecule has 48 valence electrons. The highest BCUT2D eigenvalue weighted by atomic mass is 15.4. The van der Waals surface area contributed by atoms with Gasteiger partial charge < -0.3 is 0 Å². The second-order valence-electron chi connectivity index (χ2n) is 1.90. The van der Waals surface area contributed by atoms with Gasteiger partial charge in [-0.2, -0.15) is 5.10 Å². The van der Waals surface area contributed by atoms with E-state index in [0.717, 1.165) is 17.7 Å². The Balaban J connectivity index is 2.65. The molecule has 0 aromatic heterocycles. The molecule has 0 aliphatic carbocycles. The van der Waals surface area contributed by atoms with E-state index in [0.29, 0.717) is 5.84 Å². The minimum Gasteiger partial charge on any atom is -0.281 e. The van der Waals surface area contributed by atoms with Crippen LogP contribution in [0.25, 0.3) is 0 Å². The SMILES string of the molecule is C=C(CC)C1=NNC1=N. The predicted octanol–water partition coefficient (Wildman–Crippen LogP) is 0.889. The fourth-order valence-corrected chi connectivity index (χ4v) is 0.591. The third kappa shape index (κ3) is 0.850. The predicted molar refractivity (Wildman–Crippen MR) is 37.7 cm³/mol. The molecule has 0 spiro atoms. The molecule has 1 aliphatic heterocycles. The highest BCUT2D eigenvalue weighted by molar-refractivity contribution is 6.49. The Kier molecular flexibility index (Phi) is 1.34. The van der Waals surface area contributed by atoms with Crippen LogP contribution in [0.4, 0.5) is 0 Å². The molecule has 0 unspecified atom stereocenters. The molecule has 2 N–H and O–H groups in total. The van der Waals surface area contributed by atoms with Gasteiger partial charge in [0.25, 0.3) is 0 Å². The summed E-state index contributed by atoms with van der Waals surface area (Å²) in [7, 11) is 0. The monoisotopic (exact) mass is 123 g/mol. The lowest BCUT2D eigenvalue weighted by molar-refractivity contribution is 0.965. The van der Waals surface area contributed by atoms with Gasteiger partial charge in [0.2, 0.25) is 0 Å². The van der Waals surface area contributed by atoms with E-state index in [1.54, 1.807) is 0 Å². The van der Waals surface area contributed by atoms with Crippen LogP contribution in [-0.4, -0.2) is 11.5 Å². The number of hydrazone groups is 1. The zero-order valence-corrected chi connectivity index (χ0v) is 5.36. The topological polar surface area (TPSA) is 48.2 Å². The Bertz CT molecular complexity index is 190. The lowest BCUT2D eigenvalue weighted by atomic mass is 10.1. The average molecular weight is 123 g/mol. The van der Waals surface area contributed by atoms with Crippen molar-refractivity contribution in [2.45, 2.75) is 13.3 Å². The third-order valence-corrected chi connectivity index (χ3v) is 1.28. The average Bonchev–Trinajstić information content (AvgIpc) is 1.84. The van der Waals surface area contributed by atoms with E-state index in [2.05, 4.69) is 17.1 Å². The molecule has 1 rings (SSSR count). The minimum atomic E-state index is 0.391. The first-order chi connectivity index (χ1) is 4.25. The molecule has 0 bridgehead atoms. The lowest BCUT2D eigenvalue weighted by Crippen LogP contribution is -2.38. The molecule has 0 radical (unpaired) electrons. The normalized spacial score (nSPS) is 15.7. The quantitative estimate of drug-likeness (QED) is 0.562. The molecule has 1 aliphatic rings. The van der Waals surface area contributed by atoms with Crippen LogP contribution in [0.3, 0.4) is 0 Å². The van der Waals surface area contributed by atoms with Crippen LogP contribution in [0.15, 0.2) is 17.3 Å². The van der Waals surface area contributed by atoms with Crippen LogP contribution < -0.4 is 5.43 Å². The van der Waals surface area contributed by atoms with Crippen LogP contribution in [0.1, 0.15) is 13.3 Å². The molecule has 0 saturated heterocycles. The number of amidine groups is 1. The van der Waals surface area contributed by atoms with Gasteiger partial charge in [-0.25, -0.2) is 0 Å². The molecule has 0 aromatic rings. The van der Waals surface area contributed by atoms with Gasteiger partial charge in [-0.3, -0.25) is 10.8 Å².